The summed E-state index contributed by atoms with van der Waals surface area (Å²) in [5.74, 6) is 1.83. The molecule has 1 aliphatic rings. The summed E-state index contributed by atoms with van der Waals surface area (Å²) in [6.07, 6.45) is 4.02. The Hall–Kier alpha value is -0.980. The number of ether oxygens (including phenoxy) is 1. The van der Waals surface area contributed by atoms with E-state index in [0.29, 0.717) is 0 Å². The Kier molecular flexibility index (Phi) is 2.31. The molecular formula is C11H13O. The summed E-state index contributed by atoms with van der Waals surface area (Å²) in [6, 6.07) is 10.8. The molecule has 0 atom stereocenters. The molecule has 12 heavy (non-hydrogen) atoms. The van der Waals surface area contributed by atoms with Crippen LogP contribution in [0.3, 0.4) is 0 Å². The molecule has 0 saturated heterocycles. The molecule has 0 aliphatic heterocycles. The Balaban J connectivity index is 1.72. The van der Waals surface area contributed by atoms with Gasteiger partial charge in [-0.05, 0) is 18.4 Å². The van der Waals surface area contributed by atoms with Crippen molar-refractivity contribution in [2.45, 2.75) is 19.3 Å². The molecule has 1 nitrogen and oxygen atoms in total. The number of benzene rings is 1. The monoisotopic (exact) mass is 161 g/mol. The smallest absolute Gasteiger partial charge is 0.127 e. The van der Waals surface area contributed by atoms with Crippen molar-refractivity contribution in [1.29, 1.82) is 0 Å². The zero-order valence-corrected chi connectivity index (χ0v) is 7.12. The zero-order valence-electron chi connectivity index (χ0n) is 7.12. The maximum atomic E-state index is 5.50. The summed E-state index contributed by atoms with van der Waals surface area (Å²) < 4.78 is 5.50. The van der Waals surface area contributed by atoms with Crippen LogP contribution in [0.1, 0.15) is 19.3 Å². The van der Waals surface area contributed by atoms with Gasteiger partial charge in [-0.3, -0.25) is 0 Å². The molecule has 1 aromatic rings. The highest BCUT2D eigenvalue weighted by atomic mass is 16.5. The normalized spacial score (nSPS) is 16.0. The fourth-order valence-corrected chi connectivity index (χ4v) is 1.21. The number of rotatable bonds is 4. The number of para-hydroxylation sites is 1. The van der Waals surface area contributed by atoms with Crippen molar-refractivity contribution in [3.05, 3.63) is 30.3 Å². The minimum absolute atomic E-state index is 0.852. The lowest BCUT2D eigenvalue weighted by Gasteiger charge is -2.03. The van der Waals surface area contributed by atoms with Crippen LogP contribution < -0.4 is 4.74 Å². The van der Waals surface area contributed by atoms with Gasteiger partial charge in [0.05, 0.1) is 6.61 Å². The van der Waals surface area contributed by atoms with E-state index in [4.69, 9.17) is 4.74 Å². The molecular weight excluding hydrogens is 148 g/mol. The molecule has 0 spiro atoms. The van der Waals surface area contributed by atoms with E-state index < -0.39 is 0 Å². The molecule has 63 valence electrons. The molecule has 1 heteroatoms. The highest BCUT2D eigenvalue weighted by Gasteiger charge is 2.20. The van der Waals surface area contributed by atoms with Gasteiger partial charge in [0, 0.05) is 6.07 Å². The summed E-state index contributed by atoms with van der Waals surface area (Å²) >= 11 is 0. The van der Waals surface area contributed by atoms with E-state index in [1.54, 1.807) is 0 Å². The Morgan fingerprint density at radius 1 is 1.42 bits per heavy atom. The van der Waals surface area contributed by atoms with Crippen molar-refractivity contribution < 1.29 is 4.74 Å². The standard InChI is InChI=1S/C11H13O/c1-2-4-11(5-3-1)12-9-8-10-6-7-10/h1-4,10H,6-9H2. The second-order valence-electron chi connectivity index (χ2n) is 3.31. The van der Waals surface area contributed by atoms with E-state index in [2.05, 4.69) is 6.07 Å². The highest BCUT2D eigenvalue weighted by molar-refractivity contribution is 5.19. The van der Waals surface area contributed by atoms with Gasteiger partial charge in [-0.15, -0.1) is 0 Å². The van der Waals surface area contributed by atoms with Gasteiger partial charge >= 0.3 is 0 Å². The molecule has 0 unspecified atom stereocenters. The van der Waals surface area contributed by atoms with Crippen LogP contribution in [0.15, 0.2) is 24.3 Å². The van der Waals surface area contributed by atoms with Gasteiger partial charge in [0.2, 0.25) is 0 Å². The van der Waals surface area contributed by atoms with E-state index in [1.807, 2.05) is 24.3 Å². The summed E-state index contributed by atoms with van der Waals surface area (Å²) in [4.78, 5) is 0. The number of hydrogen-bond donors (Lipinski definition) is 0. The van der Waals surface area contributed by atoms with Gasteiger partial charge in [0.1, 0.15) is 5.75 Å². The Morgan fingerprint density at radius 2 is 2.33 bits per heavy atom. The van der Waals surface area contributed by atoms with E-state index >= 15 is 0 Å². The molecule has 1 aromatic carbocycles. The van der Waals surface area contributed by atoms with Crippen molar-refractivity contribution in [3.63, 3.8) is 0 Å². The van der Waals surface area contributed by atoms with Crippen LogP contribution >= 0.6 is 0 Å². The van der Waals surface area contributed by atoms with Gasteiger partial charge in [0.15, 0.2) is 0 Å². The topological polar surface area (TPSA) is 9.23 Å². The summed E-state index contributed by atoms with van der Waals surface area (Å²) in [6.45, 7) is 0.852. The summed E-state index contributed by atoms with van der Waals surface area (Å²) in [5.41, 5.74) is 0. The van der Waals surface area contributed by atoms with Gasteiger partial charge in [-0.2, -0.15) is 0 Å². The summed E-state index contributed by atoms with van der Waals surface area (Å²) in [5, 5.41) is 0. The lowest BCUT2D eigenvalue weighted by atomic mass is 10.3. The van der Waals surface area contributed by atoms with Crippen LogP contribution in [0.25, 0.3) is 0 Å². The quantitative estimate of drug-likeness (QED) is 0.659. The molecule has 0 N–H and O–H groups in total. The van der Waals surface area contributed by atoms with E-state index in [9.17, 15) is 0 Å². The molecule has 1 radical (unpaired) electrons. The van der Waals surface area contributed by atoms with Gasteiger partial charge in [-0.1, -0.05) is 31.0 Å². The Bertz CT molecular complexity index is 226. The van der Waals surface area contributed by atoms with Crippen LogP contribution in [0.2, 0.25) is 0 Å². The molecule has 1 saturated carbocycles. The van der Waals surface area contributed by atoms with Crippen LogP contribution in [0.5, 0.6) is 5.75 Å². The Morgan fingerprint density at radius 3 is 3.00 bits per heavy atom. The van der Waals surface area contributed by atoms with Gasteiger partial charge in [-0.25, -0.2) is 0 Å². The second-order valence-corrected chi connectivity index (χ2v) is 3.31. The van der Waals surface area contributed by atoms with E-state index in [-0.39, 0.29) is 0 Å². The van der Waals surface area contributed by atoms with Crippen molar-refractivity contribution in [2.75, 3.05) is 6.61 Å². The van der Waals surface area contributed by atoms with Crippen molar-refractivity contribution in [1.82, 2.24) is 0 Å². The average Bonchev–Trinajstić information content (AvgIpc) is 2.90. The molecule has 1 aliphatic carbocycles. The first kappa shape index (κ1) is 7.66. The second kappa shape index (κ2) is 3.61. The minimum Gasteiger partial charge on any atom is -0.493 e. The van der Waals surface area contributed by atoms with Crippen molar-refractivity contribution in [3.8, 4) is 5.75 Å². The van der Waals surface area contributed by atoms with Crippen molar-refractivity contribution >= 4 is 0 Å². The molecule has 1 fully saturated rings. The van der Waals surface area contributed by atoms with Crippen LogP contribution in [-0.2, 0) is 0 Å². The largest absolute Gasteiger partial charge is 0.493 e. The molecule has 0 heterocycles. The third-order valence-electron chi connectivity index (χ3n) is 2.16. The lowest BCUT2D eigenvalue weighted by molar-refractivity contribution is 0.302. The number of hydrogen-bond acceptors (Lipinski definition) is 1. The fraction of sp³-hybridized carbons (Fsp3) is 0.455. The lowest BCUT2D eigenvalue weighted by Crippen LogP contribution is -1.97. The SMILES string of the molecule is [c]1ccccc1OCCC1CC1. The van der Waals surface area contributed by atoms with Gasteiger partial charge < -0.3 is 4.74 Å². The van der Waals surface area contributed by atoms with Crippen molar-refractivity contribution in [2.24, 2.45) is 5.92 Å². The summed E-state index contributed by atoms with van der Waals surface area (Å²) in [7, 11) is 0. The maximum absolute atomic E-state index is 5.50. The Labute approximate surface area is 73.4 Å². The zero-order chi connectivity index (χ0) is 8.23. The predicted molar refractivity (Wildman–Crippen MR) is 48.1 cm³/mol. The maximum Gasteiger partial charge on any atom is 0.127 e. The average molecular weight is 161 g/mol. The van der Waals surface area contributed by atoms with Crippen LogP contribution in [-0.4, -0.2) is 6.61 Å². The molecule has 0 aromatic heterocycles. The predicted octanol–water partition coefficient (Wildman–Crippen LogP) is 2.67. The third-order valence-corrected chi connectivity index (χ3v) is 2.16. The van der Waals surface area contributed by atoms with Crippen LogP contribution in [0.4, 0.5) is 0 Å². The first-order valence-corrected chi connectivity index (χ1v) is 4.54. The van der Waals surface area contributed by atoms with E-state index in [0.717, 1.165) is 18.3 Å². The van der Waals surface area contributed by atoms with Gasteiger partial charge in [0.25, 0.3) is 0 Å². The molecule has 0 bridgehead atoms. The molecule has 2 rings (SSSR count). The highest BCUT2D eigenvalue weighted by Crippen LogP contribution is 2.32. The molecule has 0 amide bonds. The van der Waals surface area contributed by atoms with Crippen LogP contribution in [0, 0.1) is 12.0 Å². The first-order chi connectivity index (χ1) is 5.95. The fourth-order valence-electron chi connectivity index (χ4n) is 1.21. The minimum atomic E-state index is 0.852. The first-order valence-electron chi connectivity index (χ1n) is 4.54. The van der Waals surface area contributed by atoms with E-state index in [1.165, 1.54) is 19.3 Å². The third kappa shape index (κ3) is 2.26.